The highest BCUT2D eigenvalue weighted by molar-refractivity contribution is 5.98. The second-order valence-electron chi connectivity index (χ2n) is 6.24. The third kappa shape index (κ3) is 3.63. The van der Waals surface area contributed by atoms with Gasteiger partial charge in [0.2, 0.25) is 0 Å². The number of hydrogen-bond donors (Lipinski definition) is 1. The summed E-state index contributed by atoms with van der Waals surface area (Å²) in [7, 11) is 0. The summed E-state index contributed by atoms with van der Waals surface area (Å²) in [6.07, 6.45) is 3.62. The second-order valence-corrected chi connectivity index (χ2v) is 6.24. The number of carbonyl (C=O) groups excluding carboxylic acids is 1. The molecule has 0 spiro atoms. The molecule has 1 N–H and O–H groups in total. The Bertz CT molecular complexity index is 547. The highest BCUT2D eigenvalue weighted by Gasteiger charge is 2.26. The Morgan fingerprint density at radius 2 is 1.86 bits per heavy atom. The second kappa shape index (κ2) is 6.29. The maximum Gasteiger partial charge on any atom is 0.335 e. The molecule has 21 heavy (non-hydrogen) atoms. The van der Waals surface area contributed by atoms with Gasteiger partial charge in [-0.3, -0.25) is 4.79 Å². The lowest BCUT2D eigenvalue weighted by molar-refractivity contribution is 0.0632. The maximum atomic E-state index is 12.7. The van der Waals surface area contributed by atoms with Gasteiger partial charge in [-0.15, -0.1) is 0 Å². The minimum atomic E-state index is -0.997. The van der Waals surface area contributed by atoms with E-state index in [4.69, 9.17) is 5.11 Å². The van der Waals surface area contributed by atoms with E-state index in [1.165, 1.54) is 25.3 Å². The van der Waals surface area contributed by atoms with Crippen molar-refractivity contribution in [2.75, 3.05) is 6.54 Å². The zero-order valence-electron chi connectivity index (χ0n) is 12.9. The lowest BCUT2D eigenvalue weighted by atomic mass is 9.84. The van der Waals surface area contributed by atoms with Crippen LogP contribution in [0.3, 0.4) is 0 Å². The van der Waals surface area contributed by atoms with Crippen LogP contribution in [0.1, 0.15) is 59.4 Å². The first-order valence-electron chi connectivity index (χ1n) is 7.54. The van der Waals surface area contributed by atoms with E-state index in [1.807, 2.05) is 25.7 Å². The number of aryl methyl sites for hydroxylation is 1. The zero-order chi connectivity index (χ0) is 15.6. The van der Waals surface area contributed by atoms with Gasteiger partial charge in [0.1, 0.15) is 0 Å². The number of carboxylic acids is 1. The smallest absolute Gasteiger partial charge is 0.335 e. The highest BCUT2D eigenvalue weighted by Crippen LogP contribution is 2.28. The monoisotopic (exact) mass is 289 g/mol. The van der Waals surface area contributed by atoms with Crippen LogP contribution in [0.5, 0.6) is 0 Å². The molecule has 1 aliphatic carbocycles. The predicted octanol–water partition coefficient (Wildman–Crippen LogP) is 3.34. The Hall–Kier alpha value is -1.84. The van der Waals surface area contributed by atoms with Crippen LogP contribution in [0.15, 0.2) is 18.2 Å². The van der Waals surface area contributed by atoms with Gasteiger partial charge in [-0.05, 0) is 63.3 Å². The number of nitrogens with zero attached hydrogens (tertiary/aromatic N) is 1. The molecule has 1 aliphatic rings. The van der Waals surface area contributed by atoms with Crippen LogP contribution < -0.4 is 0 Å². The van der Waals surface area contributed by atoms with Gasteiger partial charge in [-0.2, -0.15) is 0 Å². The molecule has 1 saturated carbocycles. The van der Waals surface area contributed by atoms with E-state index in [9.17, 15) is 9.59 Å². The minimum absolute atomic E-state index is 0.0666. The average Bonchev–Trinajstić information content (AvgIpc) is 2.35. The summed E-state index contributed by atoms with van der Waals surface area (Å²) in [5.41, 5.74) is 1.44. The topological polar surface area (TPSA) is 57.6 Å². The first-order chi connectivity index (χ1) is 9.88. The number of hydrogen-bond acceptors (Lipinski definition) is 2. The molecular formula is C17H23NO3. The first kappa shape index (κ1) is 15.5. The Kier molecular flexibility index (Phi) is 4.66. The van der Waals surface area contributed by atoms with Crippen LogP contribution in [0.25, 0.3) is 0 Å². The summed E-state index contributed by atoms with van der Waals surface area (Å²) in [5, 5.41) is 9.13. The van der Waals surface area contributed by atoms with Crippen molar-refractivity contribution in [1.29, 1.82) is 0 Å². The SMILES string of the molecule is Cc1cc(C(=O)O)cc(C(=O)N(CC2CCC2)C(C)C)c1. The summed E-state index contributed by atoms with van der Waals surface area (Å²) in [5.74, 6) is -0.467. The van der Waals surface area contributed by atoms with Crippen LogP contribution in [0.2, 0.25) is 0 Å². The Morgan fingerprint density at radius 3 is 2.33 bits per heavy atom. The van der Waals surface area contributed by atoms with Crippen molar-refractivity contribution in [3.63, 3.8) is 0 Å². The summed E-state index contributed by atoms with van der Waals surface area (Å²) in [6.45, 7) is 6.59. The number of carboxylic acid groups (broad SMARTS) is 1. The van der Waals surface area contributed by atoms with E-state index < -0.39 is 5.97 Å². The van der Waals surface area contributed by atoms with E-state index in [1.54, 1.807) is 12.1 Å². The lowest BCUT2D eigenvalue weighted by Crippen LogP contribution is -2.42. The van der Waals surface area contributed by atoms with E-state index in [0.29, 0.717) is 11.5 Å². The molecule has 0 unspecified atom stereocenters. The molecule has 114 valence electrons. The minimum Gasteiger partial charge on any atom is -0.478 e. The number of carbonyl (C=O) groups is 2. The molecule has 0 bridgehead atoms. The molecule has 1 amide bonds. The van der Waals surface area contributed by atoms with Crippen molar-refractivity contribution in [1.82, 2.24) is 4.90 Å². The molecular weight excluding hydrogens is 266 g/mol. The molecule has 1 aromatic rings. The summed E-state index contributed by atoms with van der Waals surface area (Å²) in [6, 6.07) is 4.95. The molecule has 1 aromatic carbocycles. The molecule has 0 radical (unpaired) electrons. The Balaban J connectivity index is 2.25. The standard InChI is InChI=1S/C17H23NO3/c1-11(2)18(10-13-5-4-6-13)16(19)14-7-12(3)8-15(9-14)17(20)21/h7-9,11,13H,4-6,10H2,1-3H3,(H,20,21). The van der Waals surface area contributed by atoms with Crippen LogP contribution in [-0.4, -0.2) is 34.5 Å². The van der Waals surface area contributed by atoms with Crippen molar-refractivity contribution in [2.24, 2.45) is 5.92 Å². The van der Waals surface area contributed by atoms with Gasteiger partial charge in [0, 0.05) is 18.2 Å². The van der Waals surface area contributed by atoms with Crippen LogP contribution in [0.4, 0.5) is 0 Å². The molecule has 0 aliphatic heterocycles. The molecule has 0 aromatic heterocycles. The normalized spacial score (nSPS) is 14.9. The molecule has 4 heteroatoms. The third-order valence-electron chi connectivity index (χ3n) is 4.14. The average molecular weight is 289 g/mol. The van der Waals surface area contributed by atoms with E-state index in [-0.39, 0.29) is 17.5 Å². The molecule has 2 rings (SSSR count). The van der Waals surface area contributed by atoms with Crippen molar-refractivity contribution < 1.29 is 14.7 Å². The van der Waals surface area contributed by atoms with Gasteiger partial charge in [-0.1, -0.05) is 6.42 Å². The van der Waals surface area contributed by atoms with Crippen LogP contribution in [-0.2, 0) is 0 Å². The lowest BCUT2D eigenvalue weighted by Gasteiger charge is -2.35. The van der Waals surface area contributed by atoms with Gasteiger partial charge in [-0.25, -0.2) is 4.79 Å². The van der Waals surface area contributed by atoms with Crippen LogP contribution >= 0.6 is 0 Å². The Labute approximate surface area is 125 Å². The number of amides is 1. The summed E-state index contributed by atoms with van der Waals surface area (Å²) in [4.78, 5) is 25.7. The van der Waals surface area contributed by atoms with Crippen LogP contribution in [0, 0.1) is 12.8 Å². The Morgan fingerprint density at radius 1 is 1.24 bits per heavy atom. The van der Waals surface area contributed by atoms with Gasteiger partial charge in [0.15, 0.2) is 0 Å². The van der Waals surface area contributed by atoms with Gasteiger partial charge < -0.3 is 10.0 Å². The highest BCUT2D eigenvalue weighted by atomic mass is 16.4. The predicted molar refractivity (Wildman–Crippen MR) is 81.7 cm³/mol. The fourth-order valence-electron chi connectivity index (χ4n) is 2.68. The van der Waals surface area contributed by atoms with Gasteiger partial charge in [0.25, 0.3) is 5.91 Å². The first-order valence-corrected chi connectivity index (χ1v) is 7.54. The number of benzene rings is 1. The fraction of sp³-hybridized carbons (Fsp3) is 0.529. The van der Waals surface area contributed by atoms with Gasteiger partial charge >= 0.3 is 5.97 Å². The third-order valence-corrected chi connectivity index (χ3v) is 4.14. The molecule has 0 heterocycles. The fourth-order valence-corrected chi connectivity index (χ4v) is 2.68. The van der Waals surface area contributed by atoms with E-state index >= 15 is 0 Å². The van der Waals surface area contributed by atoms with E-state index in [0.717, 1.165) is 12.1 Å². The van der Waals surface area contributed by atoms with Crippen molar-refractivity contribution >= 4 is 11.9 Å². The zero-order valence-corrected chi connectivity index (χ0v) is 12.9. The van der Waals surface area contributed by atoms with Crippen molar-refractivity contribution in [3.05, 3.63) is 34.9 Å². The molecule has 1 fully saturated rings. The number of rotatable bonds is 5. The van der Waals surface area contributed by atoms with Gasteiger partial charge in [0.05, 0.1) is 5.56 Å². The van der Waals surface area contributed by atoms with E-state index in [2.05, 4.69) is 0 Å². The molecule has 4 nitrogen and oxygen atoms in total. The summed E-state index contributed by atoms with van der Waals surface area (Å²) >= 11 is 0. The van der Waals surface area contributed by atoms with Crippen molar-refractivity contribution in [3.8, 4) is 0 Å². The molecule has 0 atom stereocenters. The molecule has 0 saturated heterocycles. The summed E-state index contributed by atoms with van der Waals surface area (Å²) < 4.78 is 0. The largest absolute Gasteiger partial charge is 0.478 e. The number of aromatic carboxylic acids is 1. The van der Waals surface area contributed by atoms with Crippen molar-refractivity contribution in [2.45, 2.75) is 46.1 Å². The quantitative estimate of drug-likeness (QED) is 0.904. The maximum absolute atomic E-state index is 12.7.